The van der Waals surface area contributed by atoms with E-state index in [1.807, 2.05) is 0 Å². The minimum absolute atomic E-state index is 0.247. The zero-order valence-electron chi connectivity index (χ0n) is 13.5. The van der Waals surface area contributed by atoms with Crippen LogP contribution in [0.1, 0.15) is 58.4 Å². The summed E-state index contributed by atoms with van der Waals surface area (Å²) in [6, 6.07) is 2.63. The fourth-order valence-electron chi connectivity index (χ4n) is 2.55. The van der Waals surface area contributed by atoms with Gasteiger partial charge in [-0.3, -0.25) is 0 Å². The van der Waals surface area contributed by atoms with Crippen LogP contribution in [0.2, 0.25) is 0 Å². The van der Waals surface area contributed by atoms with Gasteiger partial charge in [-0.2, -0.15) is 0 Å². The van der Waals surface area contributed by atoms with Gasteiger partial charge >= 0.3 is 0 Å². The molecule has 21 heavy (non-hydrogen) atoms. The fraction of sp³-hybridized carbons (Fsp3) is 0.706. The quantitative estimate of drug-likeness (QED) is 0.700. The van der Waals surface area contributed by atoms with Crippen molar-refractivity contribution in [2.45, 2.75) is 71.5 Å². The largest absolute Gasteiger partial charge is 0.354 e. The average Bonchev–Trinajstić information content (AvgIpc) is 3.26. The van der Waals surface area contributed by atoms with E-state index >= 15 is 0 Å². The van der Waals surface area contributed by atoms with Gasteiger partial charge in [-0.25, -0.2) is 9.37 Å². The molecule has 1 aromatic rings. The number of nitrogens with one attached hydrogen (secondary N) is 1. The maximum Gasteiger partial charge on any atom is 0.141 e. The first-order valence-corrected chi connectivity index (χ1v) is 8.26. The Labute approximate surface area is 127 Å². The molecule has 0 radical (unpaired) electrons. The van der Waals surface area contributed by atoms with Gasteiger partial charge in [0.25, 0.3) is 0 Å². The first kappa shape index (κ1) is 16.2. The van der Waals surface area contributed by atoms with E-state index in [1.165, 1.54) is 31.9 Å². The smallest absolute Gasteiger partial charge is 0.141 e. The molecule has 2 rings (SSSR count). The predicted molar refractivity (Wildman–Crippen MR) is 86.1 cm³/mol. The minimum atomic E-state index is -0.247. The number of rotatable bonds is 9. The van der Waals surface area contributed by atoms with Crippen molar-refractivity contribution in [3.63, 3.8) is 0 Å². The SMILES string of the molecule is CCCCCN(c1ncc(F)cc1CNC1CC1)C(C)C. The molecule has 1 aliphatic carbocycles. The molecule has 0 aromatic carbocycles. The molecule has 0 saturated heterocycles. The number of halogens is 1. The van der Waals surface area contributed by atoms with Gasteiger partial charge < -0.3 is 10.2 Å². The van der Waals surface area contributed by atoms with Gasteiger partial charge in [0.2, 0.25) is 0 Å². The molecule has 0 unspecified atom stereocenters. The zero-order chi connectivity index (χ0) is 15.2. The average molecular weight is 293 g/mol. The van der Waals surface area contributed by atoms with Crippen LogP contribution in [0.15, 0.2) is 12.3 Å². The lowest BCUT2D eigenvalue weighted by molar-refractivity contribution is 0.592. The van der Waals surface area contributed by atoms with Gasteiger partial charge in [0.1, 0.15) is 11.6 Å². The van der Waals surface area contributed by atoms with Crippen molar-refractivity contribution in [2.24, 2.45) is 0 Å². The van der Waals surface area contributed by atoms with Gasteiger partial charge in [0.15, 0.2) is 0 Å². The summed E-state index contributed by atoms with van der Waals surface area (Å²) in [6.07, 6.45) is 7.40. The molecular formula is C17H28FN3. The summed E-state index contributed by atoms with van der Waals surface area (Å²) >= 11 is 0. The third-order valence-electron chi connectivity index (χ3n) is 3.97. The predicted octanol–water partition coefficient (Wildman–Crippen LogP) is 3.88. The van der Waals surface area contributed by atoms with Crippen LogP contribution in [0.3, 0.4) is 0 Å². The third kappa shape index (κ3) is 4.95. The minimum Gasteiger partial charge on any atom is -0.354 e. The van der Waals surface area contributed by atoms with E-state index in [2.05, 4.69) is 36.0 Å². The van der Waals surface area contributed by atoms with E-state index in [0.29, 0.717) is 18.6 Å². The van der Waals surface area contributed by atoms with E-state index in [4.69, 9.17) is 0 Å². The zero-order valence-corrected chi connectivity index (χ0v) is 13.5. The summed E-state index contributed by atoms with van der Waals surface area (Å²) < 4.78 is 13.5. The second-order valence-electron chi connectivity index (χ2n) is 6.29. The third-order valence-corrected chi connectivity index (χ3v) is 3.97. The number of hydrogen-bond acceptors (Lipinski definition) is 3. The number of pyridine rings is 1. The highest BCUT2D eigenvalue weighted by atomic mass is 19.1. The molecule has 118 valence electrons. The summed E-state index contributed by atoms with van der Waals surface area (Å²) in [5, 5.41) is 3.47. The van der Waals surface area contributed by atoms with Crippen molar-refractivity contribution >= 4 is 5.82 Å². The lowest BCUT2D eigenvalue weighted by atomic mass is 10.1. The monoisotopic (exact) mass is 293 g/mol. The molecule has 1 aliphatic rings. The number of unbranched alkanes of at least 4 members (excludes halogenated alkanes) is 2. The first-order chi connectivity index (χ1) is 10.1. The van der Waals surface area contributed by atoms with E-state index in [1.54, 1.807) is 6.07 Å². The Kier molecular flexibility index (Phi) is 5.97. The second-order valence-corrected chi connectivity index (χ2v) is 6.29. The van der Waals surface area contributed by atoms with Gasteiger partial charge in [-0.1, -0.05) is 19.8 Å². The molecule has 1 saturated carbocycles. The van der Waals surface area contributed by atoms with E-state index in [-0.39, 0.29) is 5.82 Å². The van der Waals surface area contributed by atoms with Crippen molar-refractivity contribution in [3.8, 4) is 0 Å². The van der Waals surface area contributed by atoms with Crippen LogP contribution in [-0.2, 0) is 6.54 Å². The lowest BCUT2D eigenvalue weighted by Crippen LogP contribution is -2.34. The Morgan fingerprint density at radius 3 is 2.76 bits per heavy atom. The Morgan fingerprint density at radius 2 is 2.14 bits per heavy atom. The topological polar surface area (TPSA) is 28.2 Å². The lowest BCUT2D eigenvalue weighted by Gasteiger charge is -2.30. The van der Waals surface area contributed by atoms with Crippen molar-refractivity contribution < 1.29 is 4.39 Å². The summed E-state index contributed by atoms with van der Waals surface area (Å²) in [6.45, 7) is 8.26. The molecule has 0 atom stereocenters. The highest BCUT2D eigenvalue weighted by molar-refractivity contribution is 5.47. The molecular weight excluding hydrogens is 265 g/mol. The Morgan fingerprint density at radius 1 is 1.38 bits per heavy atom. The summed E-state index contributed by atoms with van der Waals surface area (Å²) in [4.78, 5) is 6.69. The number of aromatic nitrogens is 1. The Hall–Kier alpha value is -1.16. The number of hydrogen-bond donors (Lipinski definition) is 1. The van der Waals surface area contributed by atoms with Gasteiger partial charge in [-0.05, 0) is 39.2 Å². The summed E-state index contributed by atoms with van der Waals surface area (Å²) in [5.41, 5.74) is 0.979. The molecule has 0 bridgehead atoms. The number of nitrogens with zero attached hydrogens (tertiary/aromatic N) is 2. The summed E-state index contributed by atoms with van der Waals surface area (Å²) in [7, 11) is 0. The molecule has 4 heteroatoms. The molecule has 1 heterocycles. The van der Waals surface area contributed by atoms with Crippen LogP contribution >= 0.6 is 0 Å². The molecule has 1 fully saturated rings. The highest BCUT2D eigenvalue weighted by Gasteiger charge is 2.22. The molecule has 1 aromatic heterocycles. The van der Waals surface area contributed by atoms with Crippen LogP contribution in [0.5, 0.6) is 0 Å². The molecule has 0 aliphatic heterocycles. The van der Waals surface area contributed by atoms with Crippen LogP contribution in [-0.4, -0.2) is 23.6 Å². The first-order valence-electron chi connectivity index (χ1n) is 8.26. The van der Waals surface area contributed by atoms with Crippen LogP contribution < -0.4 is 10.2 Å². The van der Waals surface area contributed by atoms with Crippen molar-refractivity contribution in [2.75, 3.05) is 11.4 Å². The Bertz CT molecular complexity index is 444. The maximum atomic E-state index is 13.5. The van der Waals surface area contributed by atoms with Crippen LogP contribution in [0.25, 0.3) is 0 Å². The van der Waals surface area contributed by atoms with Gasteiger partial charge in [0, 0.05) is 30.7 Å². The second kappa shape index (κ2) is 7.74. The fourth-order valence-corrected chi connectivity index (χ4v) is 2.55. The van der Waals surface area contributed by atoms with Crippen molar-refractivity contribution in [1.29, 1.82) is 0 Å². The van der Waals surface area contributed by atoms with Crippen LogP contribution in [0.4, 0.5) is 10.2 Å². The molecule has 0 spiro atoms. The highest BCUT2D eigenvalue weighted by Crippen LogP contribution is 2.24. The van der Waals surface area contributed by atoms with E-state index < -0.39 is 0 Å². The van der Waals surface area contributed by atoms with E-state index in [0.717, 1.165) is 24.3 Å². The molecule has 0 amide bonds. The number of anilines is 1. The van der Waals surface area contributed by atoms with E-state index in [9.17, 15) is 4.39 Å². The Balaban J connectivity index is 2.12. The molecule has 3 nitrogen and oxygen atoms in total. The van der Waals surface area contributed by atoms with Gasteiger partial charge in [0.05, 0.1) is 6.20 Å². The van der Waals surface area contributed by atoms with Crippen molar-refractivity contribution in [1.82, 2.24) is 10.3 Å². The van der Waals surface area contributed by atoms with Gasteiger partial charge in [-0.15, -0.1) is 0 Å². The molecule has 1 N–H and O–H groups in total. The standard InChI is InChI=1S/C17H28FN3/c1-4-5-6-9-21(13(2)3)17-14(10-15(18)12-20-17)11-19-16-7-8-16/h10,12-13,16,19H,4-9,11H2,1-3H3. The van der Waals surface area contributed by atoms with Crippen molar-refractivity contribution in [3.05, 3.63) is 23.6 Å². The normalized spacial score (nSPS) is 14.7. The summed E-state index contributed by atoms with van der Waals surface area (Å²) in [5.74, 6) is 0.694. The van der Waals surface area contributed by atoms with Crippen LogP contribution in [0, 0.1) is 5.82 Å². The maximum absolute atomic E-state index is 13.5.